The van der Waals surface area contributed by atoms with Gasteiger partial charge in [0.15, 0.2) is 0 Å². The highest BCUT2D eigenvalue weighted by molar-refractivity contribution is 5.50. The van der Waals surface area contributed by atoms with Crippen molar-refractivity contribution in [2.45, 2.75) is 45.7 Å². The van der Waals surface area contributed by atoms with Crippen LogP contribution in [0.3, 0.4) is 0 Å². The predicted molar refractivity (Wildman–Crippen MR) is 118 cm³/mol. The van der Waals surface area contributed by atoms with Crippen molar-refractivity contribution in [1.29, 1.82) is 0 Å². The van der Waals surface area contributed by atoms with Gasteiger partial charge in [-0.1, -0.05) is 62.4 Å². The molecule has 2 fully saturated rings. The molecule has 0 bridgehead atoms. The fraction of sp³-hybridized carbons (Fsp3) is 0.500. The topological polar surface area (TPSA) is 18.5 Å². The monoisotopic (exact) mass is 367 g/mol. The second-order valence-electron chi connectivity index (χ2n) is 7.64. The number of nitrogens with one attached hydrogen (secondary N) is 1. The summed E-state index contributed by atoms with van der Waals surface area (Å²) < 4.78 is 0. The van der Waals surface area contributed by atoms with Crippen molar-refractivity contribution >= 4 is 5.69 Å². The second kappa shape index (κ2) is 9.38. The number of nitrogens with zero attached hydrogens (tertiary/aromatic N) is 2. The third-order valence-corrected chi connectivity index (χ3v) is 5.87. The number of hydrogen-bond acceptors (Lipinski definition) is 3. The Labute approximate surface area is 166 Å². The number of para-hydroxylation sites is 1. The fourth-order valence-electron chi connectivity index (χ4n) is 4.00. The van der Waals surface area contributed by atoms with Crippen LogP contribution in [0, 0.1) is 6.92 Å². The van der Waals surface area contributed by atoms with E-state index in [-0.39, 0.29) is 1.43 Å². The molecule has 1 saturated heterocycles. The molecular formula is C24H37N3. The summed E-state index contributed by atoms with van der Waals surface area (Å²) >= 11 is 0. The standard InChI is InChI=1S/C22H29N3.C2H6.H2/c1-19-7-5-6-10-21(19)23-18-22(11-12-22)25-15-13-24(14-16-25)17-20-8-3-2-4-9-20;1-2;/h2-10,23H,11-18H2,1H3;1-2H3;1H. The van der Waals surface area contributed by atoms with Crippen LogP contribution in [-0.4, -0.2) is 48.1 Å². The van der Waals surface area contributed by atoms with Crippen LogP contribution in [0.2, 0.25) is 0 Å². The molecule has 3 heteroatoms. The van der Waals surface area contributed by atoms with Gasteiger partial charge in [0.25, 0.3) is 0 Å². The van der Waals surface area contributed by atoms with Crippen molar-refractivity contribution in [3.63, 3.8) is 0 Å². The maximum absolute atomic E-state index is 3.71. The highest BCUT2D eigenvalue weighted by atomic mass is 15.3. The lowest BCUT2D eigenvalue weighted by Crippen LogP contribution is -2.53. The molecule has 2 aromatic carbocycles. The van der Waals surface area contributed by atoms with Crippen molar-refractivity contribution in [3.8, 4) is 0 Å². The molecule has 1 N–H and O–H groups in total. The maximum Gasteiger partial charge on any atom is 0.0384 e. The van der Waals surface area contributed by atoms with Gasteiger partial charge in [-0.15, -0.1) is 0 Å². The van der Waals surface area contributed by atoms with Gasteiger partial charge < -0.3 is 5.32 Å². The first kappa shape index (κ1) is 19.9. The quantitative estimate of drug-likeness (QED) is 0.772. The summed E-state index contributed by atoms with van der Waals surface area (Å²) in [7, 11) is 0. The highest BCUT2D eigenvalue weighted by Gasteiger charge is 2.48. The Morgan fingerprint density at radius 2 is 1.52 bits per heavy atom. The Morgan fingerprint density at radius 3 is 2.15 bits per heavy atom. The van der Waals surface area contributed by atoms with Crippen LogP contribution in [0.4, 0.5) is 5.69 Å². The second-order valence-corrected chi connectivity index (χ2v) is 7.64. The molecule has 0 radical (unpaired) electrons. The summed E-state index contributed by atoms with van der Waals surface area (Å²) in [5.74, 6) is 0. The van der Waals surface area contributed by atoms with E-state index in [2.05, 4.69) is 76.6 Å². The number of rotatable bonds is 6. The van der Waals surface area contributed by atoms with E-state index in [9.17, 15) is 0 Å². The lowest BCUT2D eigenvalue weighted by molar-refractivity contribution is 0.0856. The molecule has 0 aromatic heterocycles. The molecule has 4 rings (SSSR count). The zero-order valence-electron chi connectivity index (χ0n) is 17.2. The van der Waals surface area contributed by atoms with Crippen molar-refractivity contribution in [1.82, 2.24) is 9.80 Å². The van der Waals surface area contributed by atoms with Crippen LogP contribution in [-0.2, 0) is 6.54 Å². The van der Waals surface area contributed by atoms with Crippen LogP contribution >= 0.6 is 0 Å². The average Bonchev–Trinajstić information content (AvgIpc) is 3.51. The molecule has 0 amide bonds. The zero-order chi connectivity index (χ0) is 19.1. The summed E-state index contributed by atoms with van der Waals surface area (Å²) in [4.78, 5) is 5.33. The first-order valence-electron chi connectivity index (χ1n) is 10.6. The zero-order valence-corrected chi connectivity index (χ0v) is 17.2. The number of benzene rings is 2. The van der Waals surface area contributed by atoms with E-state index in [4.69, 9.17) is 0 Å². The minimum atomic E-state index is 0. The highest BCUT2D eigenvalue weighted by Crippen LogP contribution is 2.42. The maximum atomic E-state index is 3.71. The molecule has 2 aliphatic rings. The van der Waals surface area contributed by atoms with Crippen molar-refractivity contribution in [3.05, 3.63) is 65.7 Å². The molecular weight excluding hydrogens is 330 g/mol. The molecule has 1 saturated carbocycles. The average molecular weight is 368 g/mol. The molecule has 1 aliphatic carbocycles. The van der Waals surface area contributed by atoms with E-state index in [0.717, 1.165) is 13.1 Å². The summed E-state index contributed by atoms with van der Waals surface area (Å²) in [6, 6.07) is 19.5. The summed E-state index contributed by atoms with van der Waals surface area (Å²) in [6.07, 6.45) is 2.68. The third kappa shape index (κ3) is 5.12. The molecule has 0 unspecified atom stereocenters. The van der Waals surface area contributed by atoms with Gasteiger partial charge in [0.05, 0.1) is 0 Å². The largest absolute Gasteiger partial charge is 0.383 e. The third-order valence-electron chi connectivity index (χ3n) is 5.87. The summed E-state index contributed by atoms with van der Waals surface area (Å²) in [6.45, 7) is 13.1. The van der Waals surface area contributed by atoms with Crippen LogP contribution in [0.25, 0.3) is 0 Å². The van der Waals surface area contributed by atoms with Crippen molar-refractivity contribution in [2.75, 3.05) is 38.0 Å². The van der Waals surface area contributed by atoms with E-state index in [1.165, 1.54) is 55.8 Å². The molecule has 0 atom stereocenters. The lowest BCUT2D eigenvalue weighted by Gasteiger charge is -2.40. The molecule has 1 heterocycles. The molecule has 2 aromatic rings. The van der Waals surface area contributed by atoms with Crippen LogP contribution in [0.5, 0.6) is 0 Å². The minimum absolute atomic E-state index is 0. The van der Waals surface area contributed by atoms with E-state index in [0.29, 0.717) is 5.54 Å². The Bertz CT molecular complexity index is 692. The van der Waals surface area contributed by atoms with Gasteiger partial charge in [0.2, 0.25) is 0 Å². The van der Waals surface area contributed by atoms with E-state index in [1.54, 1.807) is 0 Å². The normalized spacial score (nSPS) is 19.1. The minimum Gasteiger partial charge on any atom is -0.383 e. The number of hydrogen-bond donors (Lipinski definition) is 1. The number of aryl methyl sites for hydroxylation is 1. The fourth-order valence-corrected chi connectivity index (χ4v) is 4.00. The van der Waals surface area contributed by atoms with Crippen LogP contribution < -0.4 is 5.32 Å². The smallest absolute Gasteiger partial charge is 0.0384 e. The Balaban J connectivity index is 0.000000906. The first-order chi connectivity index (χ1) is 13.3. The Hall–Kier alpha value is -1.84. The van der Waals surface area contributed by atoms with Crippen LogP contribution in [0.15, 0.2) is 54.6 Å². The van der Waals surface area contributed by atoms with Gasteiger partial charge in [0.1, 0.15) is 0 Å². The number of anilines is 1. The molecule has 1 aliphatic heterocycles. The molecule has 148 valence electrons. The molecule has 3 nitrogen and oxygen atoms in total. The van der Waals surface area contributed by atoms with Crippen molar-refractivity contribution < 1.29 is 1.43 Å². The first-order valence-corrected chi connectivity index (χ1v) is 10.6. The molecule has 0 spiro atoms. The SMILES string of the molecule is CC.Cc1ccccc1NCC1(N2CCN(Cc3ccccc3)CC2)CC1.[HH]. The van der Waals surface area contributed by atoms with Gasteiger partial charge in [0, 0.05) is 51.9 Å². The van der Waals surface area contributed by atoms with Gasteiger partial charge in [-0.25, -0.2) is 0 Å². The van der Waals surface area contributed by atoms with Gasteiger partial charge >= 0.3 is 0 Å². The van der Waals surface area contributed by atoms with Gasteiger partial charge in [-0.2, -0.15) is 0 Å². The van der Waals surface area contributed by atoms with E-state index < -0.39 is 0 Å². The number of piperazine rings is 1. The summed E-state index contributed by atoms with van der Waals surface area (Å²) in [5.41, 5.74) is 4.46. The lowest BCUT2D eigenvalue weighted by atomic mass is 10.1. The van der Waals surface area contributed by atoms with E-state index >= 15 is 0 Å². The van der Waals surface area contributed by atoms with Crippen LogP contribution in [0.1, 0.15) is 39.2 Å². The van der Waals surface area contributed by atoms with Crippen molar-refractivity contribution in [2.24, 2.45) is 0 Å². The Kier molecular flexibility index (Phi) is 6.92. The van der Waals surface area contributed by atoms with E-state index in [1.807, 2.05) is 13.8 Å². The summed E-state index contributed by atoms with van der Waals surface area (Å²) in [5, 5.41) is 3.71. The van der Waals surface area contributed by atoms with Gasteiger partial charge in [-0.05, 0) is 37.0 Å². The Morgan fingerprint density at radius 1 is 0.889 bits per heavy atom. The van der Waals surface area contributed by atoms with Gasteiger partial charge in [-0.3, -0.25) is 9.80 Å². The predicted octanol–water partition coefficient (Wildman–Crippen LogP) is 5.03. The molecule has 27 heavy (non-hydrogen) atoms.